The van der Waals surface area contributed by atoms with Gasteiger partial charge in [-0.25, -0.2) is 4.79 Å². The lowest BCUT2D eigenvalue weighted by Gasteiger charge is -2.12. The molecule has 1 aliphatic rings. The van der Waals surface area contributed by atoms with E-state index in [0.29, 0.717) is 30.3 Å². The van der Waals surface area contributed by atoms with Crippen LogP contribution in [0.4, 0.5) is 0 Å². The summed E-state index contributed by atoms with van der Waals surface area (Å²) in [4.78, 5) is 30.3. The second-order valence-corrected chi connectivity index (χ2v) is 6.05. The van der Waals surface area contributed by atoms with Gasteiger partial charge >= 0.3 is 5.69 Å². The van der Waals surface area contributed by atoms with Crippen molar-refractivity contribution in [2.75, 3.05) is 6.61 Å². The molecule has 8 heteroatoms. The number of hydrogen-bond acceptors (Lipinski definition) is 5. The zero-order valence-electron chi connectivity index (χ0n) is 14.0. The standard InChI is InChI=1S/C17H18N4O4/c1-3-10-5-4-6-11(7-10)24-9-12-8-21-13-14(18-17(21)25-12)20(2)16(23)19-15(13)22/h4-7,12H,3,8-9H2,1-2H3,(H,19,22,23)/t12-/m1/s1. The largest absolute Gasteiger partial charge is 0.490 e. The number of nitrogens with one attached hydrogen (secondary N) is 1. The topological polar surface area (TPSA) is 91.1 Å². The van der Waals surface area contributed by atoms with Crippen molar-refractivity contribution in [1.29, 1.82) is 0 Å². The van der Waals surface area contributed by atoms with E-state index in [1.807, 2.05) is 18.2 Å². The van der Waals surface area contributed by atoms with Crippen LogP contribution in [0.3, 0.4) is 0 Å². The highest BCUT2D eigenvalue weighted by molar-refractivity contribution is 5.72. The highest BCUT2D eigenvalue weighted by atomic mass is 16.6. The zero-order chi connectivity index (χ0) is 17.6. The van der Waals surface area contributed by atoms with Crippen LogP contribution in [-0.4, -0.2) is 31.8 Å². The molecule has 2 aromatic heterocycles. The van der Waals surface area contributed by atoms with Gasteiger partial charge in [0.1, 0.15) is 12.4 Å². The van der Waals surface area contributed by atoms with Crippen LogP contribution in [0, 0.1) is 0 Å². The first-order valence-corrected chi connectivity index (χ1v) is 8.14. The summed E-state index contributed by atoms with van der Waals surface area (Å²) >= 11 is 0. The molecule has 0 aliphatic carbocycles. The lowest BCUT2D eigenvalue weighted by molar-refractivity contribution is 0.143. The Morgan fingerprint density at radius 3 is 3.04 bits per heavy atom. The Hall–Kier alpha value is -3.03. The molecular weight excluding hydrogens is 324 g/mol. The number of benzene rings is 1. The number of hydrogen-bond donors (Lipinski definition) is 1. The number of aromatic nitrogens is 4. The molecule has 1 aliphatic heterocycles. The van der Waals surface area contributed by atoms with E-state index in [1.54, 1.807) is 11.6 Å². The average Bonchev–Trinajstić information content (AvgIpc) is 3.15. The van der Waals surface area contributed by atoms with Gasteiger partial charge in [-0.2, -0.15) is 4.98 Å². The van der Waals surface area contributed by atoms with Gasteiger partial charge in [-0.1, -0.05) is 19.1 Å². The van der Waals surface area contributed by atoms with E-state index >= 15 is 0 Å². The van der Waals surface area contributed by atoms with Crippen LogP contribution in [-0.2, 0) is 20.0 Å². The van der Waals surface area contributed by atoms with E-state index in [0.717, 1.165) is 12.2 Å². The van der Waals surface area contributed by atoms with Crippen LogP contribution in [0.2, 0.25) is 0 Å². The van der Waals surface area contributed by atoms with Gasteiger partial charge in [-0.05, 0) is 24.1 Å². The highest BCUT2D eigenvalue weighted by Gasteiger charge is 2.29. The van der Waals surface area contributed by atoms with Crippen LogP contribution < -0.4 is 20.7 Å². The van der Waals surface area contributed by atoms with Crippen molar-refractivity contribution in [1.82, 2.24) is 19.1 Å². The van der Waals surface area contributed by atoms with Gasteiger partial charge in [0.15, 0.2) is 17.3 Å². The maximum atomic E-state index is 12.1. The molecule has 130 valence electrons. The zero-order valence-corrected chi connectivity index (χ0v) is 14.0. The highest BCUT2D eigenvalue weighted by Crippen LogP contribution is 2.25. The van der Waals surface area contributed by atoms with Crippen molar-refractivity contribution in [2.45, 2.75) is 26.0 Å². The number of H-pyrrole nitrogens is 1. The first-order chi connectivity index (χ1) is 12.1. The van der Waals surface area contributed by atoms with Gasteiger partial charge in [0.25, 0.3) is 11.6 Å². The number of aromatic amines is 1. The van der Waals surface area contributed by atoms with E-state index < -0.39 is 11.2 Å². The Bertz CT molecular complexity index is 1060. The van der Waals surface area contributed by atoms with Crippen molar-refractivity contribution in [3.8, 4) is 11.8 Å². The summed E-state index contributed by atoms with van der Waals surface area (Å²) in [6.45, 7) is 2.89. The lowest BCUT2D eigenvalue weighted by atomic mass is 10.2. The summed E-state index contributed by atoms with van der Waals surface area (Å²) in [5.74, 6) is 0.789. The van der Waals surface area contributed by atoms with Crippen LogP contribution in [0.25, 0.3) is 11.2 Å². The third-order valence-electron chi connectivity index (χ3n) is 4.37. The molecular formula is C17H18N4O4. The summed E-state index contributed by atoms with van der Waals surface area (Å²) < 4.78 is 14.6. The molecule has 25 heavy (non-hydrogen) atoms. The molecule has 0 saturated carbocycles. The Morgan fingerprint density at radius 2 is 2.24 bits per heavy atom. The summed E-state index contributed by atoms with van der Waals surface area (Å²) in [7, 11) is 1.56. The Morgan fingerprint density at radius 1 is 1.40 bits per heavy atom. The molecule has 3 heterocycles. The van der Waals surface area contributed by atoms with Gasteiger partial charge in [-0.3, -0.25) is 18.9 Å². The maximum Gasteiger partial charge on any atom is 0.329 e. The number of rotatable bonds is 4. The van der Waals surface area contributed by atoms with Gasteiger partial charge in [0, 0.05) is 7.05 Å². The Labute approximate surface area is 142 Å². The number of ether oxygens (including phenoxy) is 2. The molecule has 0 saturated heterocycles. The van der Waals surface area contributed by atoms with Crippen LogP contribution in [0.5, 0.6) is 11.8 Å². The predicted molar refractivity (Wildman–Crippen MR) is 91.3 cm³/mol. The van der Waals surface area contributed by atoms with E-state index in [9.17, 15) is 9.59 Å². The fraction of sp³-hybridized carbons (Fsp3) is 0.353. The molecule has 1 aromatic carbocycles. The van der Waals surface area contributed by atoms with Gasteiger partial charge < -0.3 is 9.47 Å². The van der Waals surface area contributed by atoms with Gasteiger partial charge in [0.05, 0.1) is 6.54 Å². The first-order valence-electron chi connectivity index (χ1n) is 8.14. The number of imidazole rings is 1. The number of aryl methyl sites for hydroxylation is 2. The van der Waals surface area contributed by atoms with Crippen molar-refractivity contribution >= 4 is 11.2 Å². The maximum absolute atomic E-state index is 12.1. The smallest absolute Gasteiger partial charge is 0.329 e. The predicted octanol–water partition coefficient (Wildman–Crippen LogP) is 0.826. The summed E-state index contributed by atoms with van der Waals surface area (Å²) in [5.41, 5.74) is 0.908. The first kappa shape index (κ1) is 15.5. The molecule has 0 radical (unpaired) electrons. The molecule has 0 spiro atoms. The molecule has 3 aromatic rings. The van der Waals surface area contributed by atoms with Crippen molar-refractivity contribution in [2.24, 2.45) is 7.05 Å². The lowest BCUT2D eigenvalue weighted by Crippen LogP contribution is -2.30. The van der Waals surface area contributed by atoms with E-state index in [-0.39, 0.29) is 6.10 Å². The van der Waals surface area contributed by atoms with E-state index in [1.165, 1.54) is 10.1 Å². The third-order valence-corrected chi connectivity index (χ3v) is 4.37. The second kappa shape index (κ2) is 5.80. The monoisotopic (exact) mass is 342 g/mol. The van der Waals surface area contributed by atoms with Crippen molar-refractivity contribution in [3.05, 3.63) is 50.7 Å². The Kier molecular flexibility index (Phi) is 3.60. The molecule has 4 rings (SSSR count). The normalized spacial score (nSPS) is 16.0. The molecule has 1 N–H and O–H groups in total. The average molecular weight is 342 g/mol. The summed E-state index contributed by atoms with van der Waals surface area (Å²) in [5, 5.41) is 0. The minimum atomic E-state index is -0.495. The summed E-state index contributed by atoms with van der Waals surface area (Å²) in [6, 6.07) is 8.25. The van der Waals surface area contributed by atoms with Crippen molar-refractivity contribution in [3.63, 3.8) is 0 Å². The fourth-order valence-electron chi connectivity index (χ4n) is 3.00. The SMILES string of the molecule is CCc1cccc(OC[C@H]2Cn3c(nc4c3c(=O)[nH]c(=O)n4C)O2)c1. The number of nitrogens with zero attached hydrogens (tertiary/aromatic N) is 3. The molecule has 0 unspecified atom stereocenters. The van der Waals surface area contributed by atoms with Gasteiger partial charge in [0.2, 0.25) is 0 Å². The van der Waals surface area contributed by atoms with Crippen LogP contribution in [0.15, 0.2) is 33.9 Å². The quantitative estimate of drug-likeness (QED) is 0.758. The van der Waals surface area contributed by atoms with Crippen LogP contribution in [0.1, 0.15) is 12.5 Å². The van der Waals surface area contributed by atoms with Gasteiger partial charge in [-0.15, -0.1) is 0 Å². The second-order valence-electron chi connectivity index (χ2n) is 6.05. The molecule has 0 amide bonds. The summed E-state index contributed by atoms with van der Waals surface area (Å²) in [6.07, 6.45) is 0.703. The minimum absolute atomic E-state index is 0.242. The fourth-order valence-corrected chi connectivity index (χ4v) is 3.00. The molecule has 0 bridgehead atoms. The molecule has 0 fully saturated rings. The van der Waals surface area contributed by atoms with Crippen molar-refractivity contribution < 1.29 is 9.47 Å². The molecule has 1 atom stereocenters. The van der Waals surface area contributed by atoms with E-state index in [2.05, 4.69) is 23.0 Å². The van der Waals surface area contributed by atoms with Crippen LogP contribution >= 0.6 is 0 Å². The third kappa shape index (κ3) is 2.59. The molecule has 8 nitrogen and oxygen atoms in total. The number of fused-ring (bicyclic) bond motifs is 3. The Balaban J connectivity index is 1.55. The minimum Gasteiger partial charge on any atom is -0.490 e. The van der Waals surface area contributed by atoms with E-state index in [4.69, 9.17) is 9.47 Å².